The van der Waals surface area contributed by atoms with Gasteiger partial charge in [-0.2, -0.15) is 0 Å². The Kier molecular flexibility index (Phi) is 3.07. The van der Waals surface area contributed by atoms with E-state index in [-0.39, 0.29) is 0 Å². The Morgan fingerprint density at radius 1 is 1.07 bits per heavy atom. The van der Waals surface area contributed by atoms with Gasteiger partial charge in [0.15, 0.2) is 0 Å². The van der Waals surface area contributed by atoms with Gasteiger partial charge in [0.1, 0.15) is 0 Å². The van der Waals surface area contributed by atoms with Crippen molar-refractivity contribution >= 4 is 5.69 Å². The quantitative estimate of drug-likeness (QED) is 0.748. The lowest BCUT2D eigenvalue weighted by Gasteiger charge is -2.30. The molecule has 2 atom stereocenters. The lowest BCUT2D eigenvalue weighted by molar-refractivity contribution is 0.349. The standard InChI is InChI=1S/C13H19N/c1-11-7-5-6-10-13(11)14-12-8-3-2-4-9-12/h2-4,8-9,11,13-14H,5-7,10H2,1H3/t11-,13-/m1/s1. The van der Waals surface area contributed by atoms with Crippen molar-refractivity contribution in [3.05, 3.63) is 30.3 Å². The molecule has 1 aromatic rings. The third-order valence-electron chi connectivity index (χ3n) is 3.24. The molecule has 0 aliphatic heterocycles. The molecule has 0 bridgehead atoms. The van der Waals surface area contributed by atoms with Gasteiger partial charge >= 0.3 is 0 Å². The molecule has 1 saturated carbocycles. The third kappa shape index (κ3) is 2.28. The molecular weight excluding hydrogens is 170 g/mol. The Hall–Kier alpha value is -0.980. The average molecular weight is 189 g/mol. The van der Waals surface area contributed by atoms with Crippen molar-refractivity contribution in [2.24, 2.45) is 5.92 Å². The Labute approximate surface area is 86.5 Å². The van der Waals surface area contributed by atoms with Crippen LogP contribution in [0.4, 0.5) is 5.69 Å². The van der Waals surface area contributed by atoms with Crippen molar-refractivity contribution in [1.29, 1.82) is 0 Å². The normalized spacial score (nSPS) is 27.2. The third-order valence-corrected chi connectivity index (χ3v) is 3.24. The van der Waals surface area contributed by atoms with E-state index < -0.39 is 0 Å². The summed E-state index contributed by atoms with van der Waals surface area (Å²) in [5.41, 5.74) is 1.27. The average Bonchev–Trinajstić information content (AvgIpc) is 2.23. The molecule has 0 unspecified atom stereocenters. The van der Waals surface area contributed by atoms with Crippen molar-refractivity contribution in [2.75, 3.05) is 5.32 Å². The number of rotatable bonds is 2. The van der Waals surface area contributed by atoms with Gasteiger partial charge in [0.05, 0.1) is 0 Å². The summed E-state index contributed by atoms with van der Waals surface area (Å²) < 4.78 is 0. The number of benzene rings is 1. The van der Waals surface area contributed by atoms with Gasteiger partial charge in [0.2, 0.25) is 0 Å². The van der Waals surface area contributed by atoms with Gasteiger partial charge < -0.3 is 5.32 Å². The Morgan fingerprint density at radius 2 is 1.79 bits per heavy atom. The molecule has 2 rings (SSSR count). The Morgan fingerprint density at radius 3 is 2.50 bits per heavy atom. The van der Waals surface area contributed by atoms with Crippen molar-refractivity contribution in [3.8, 4) is 0 Å². The molecule has 1 heteroatoms. The largest absolute Gasteiger partial charge is 0.382 e. The fraction of sp³-hybridized carbons (Fsp3) is 0.538. The summed E-state index contributed by atoms with van der Waals surface area (Å²) in [4.78, 5) is 0. The molecule has 0 amide bonds. The van der Waals surface area contributed by atoms with Gasteiger partial charge in [0.25, 0.3) is 0 Å². The summed E-state index contributed by atoms with van der Waals surface area (Å²) in [6, 6.07) is 11.2. The van der Waals surface area contributed by atoms with E-state index in [1.807, 2.05) is 0 Å². The van der Waals surface area contributed by atoms with Gasteiger partial charge in [-0.15, -0.1) is 0 Å². The highest BCUT2D eigenvalue weighted by Gasteiger charge is 2.20. The number of anilines is 1. The van der Waals surface area contributed by atoms with Crippen LogP contribution in [0.15, 0.2) is 30.3 Å². The molecule has 1 aromatic carbocycles. The van der Waals surface area contributed by atoms with E-state index in [0.717, 1.165) is 5.92 Å². The zero-order valence-electron chi connectivity index (χ0n) is 8.87. The number of nitrogens with one attached hydrogen (secondary N) is 1. The van der Waals surface area contributed by atoms with Crippen LogP contribution in [-0.2, 0) is 0 Å². The first-order chi connectivity index (χ1) is 6.86. The van der Waals surface area contributed by atoms with Gasteiger partial charge in [-0.1, -0.05) is 38.0 Å². The minimum atomic E-state index is 0.686. The molecular formula is C13H19N. The minimum absolute atomic E-state index is 0.686. The highest BCUT2D eigenvalue weighted by Crippen LogP contribution is 2.26. The topological polar surface area (TPSA) is 12.0 Å². The maximum absolute atomic E-state index is 3.63. The highest BCUT2D eigenvalue weighted by molar-refractivity contribution is 5.43. The van der Waals surface area contributed by atoms with Gasteiger partial charge in [-0.3, -0.25) is 0 Å². The smallest absolute Gasteiger partial charge is 0.0342 e. The Bertz CT molecular complexity index is 268. The molecule has 0 saturated heterocycles. The fourth-order valence-electron chi connectivity index (χ4n) is 2.28. The van der Waals surface area contributed by atoms with Crippen LogP contribution in [0.5, 0.6) is 0 Å². The molecule has 1 aliphatic carbocycles. The Balaban J connectivity index is 1.96. The summed E-state index contributed by atoms with van der Waals surface area (Å²) in [6.45, 7) is 2.36. The second-order valence-corrected chi connectivity index (χ2v) is 4.38. The lowest BCUT2D eigenvalue weighted by atomic mass is 9.86. The highest BCUT2D eigenvalue weighted by atomic mass is 14.9. The van der Waals surface area contributed by atoms with Crippen molar-refractivity contribution in [2.45, 2.75) is 38.6 Å². The van der Waals surface area contributed by atoms with Crippen LogP contribution in [0.25, 0.3) is 0 Å². The van der Waals surface area contributed by atoms with Crippen LogP contribution >= 0.6 is 0 Å². The summed E-state index contributed by atoms with van der Waals surface area (Å²) in [7, 11) is 0. The van der Waals surface area contributed by atoms with E-state index in [2.05, 4.69) is 42.6 Å². The van der Waals surface area contributed by atoms with Gasteiger partial charge in [0, 0.05) is 11.7 Å². The molecule has 14 heavy (non-hydrogen) atoms. The molecule has 1 aliphatic rings. The van der Waals surface area contributed by atoms with E-state index in [1.165, 1.54) is 31.4 Å². The van der Waals surface area contributed by atoms with E-state index in [0.29, 0.717) is 6.04 Å². The van der Waals surface area contributed by atoms with E-state index in [1.54, 1.807) is 0 Å². The van der Waals surface area contributed by atoms with Gasteiger partial charge in [-0.05, 0) is 30.9 Å². The second kappa shape index (κ2) is 4.50. The van der Waals surface area contributed by atoms with E-state index in [4.69, 9.17) is 0 Å². The van der Waals surface area contributed by atoms with E-state index >= 15 is 0 Å². The molecule has 0 aromatic heterocycles. The van der Waals surface area contributed by atoms with Crippen molar-refractivity contribution in [1.82, 2.24) is 0 Å². The predicted molar refractivity (Wildman–Crippen MR) is 61.5 cm³/mol. The van der Waals surface area contributed by atoms with Crippen LogP contribution in [0.3, 0.4) is 0 Å². The molecule has 0 heterocycles. The van der Waals surface area contributed by atoms with E-state index in [9.17, 15) is 0 Å². The predicted octanol–water partition coefficient (Wildman–Crippen LogP) is 3.68. The van der Waals surface area contributed by atoms with Crippen LogP contribution < -0.4 is 5.32 Å². The minimum Gasteiger partial charge on any atom is -0.382 e. The first-order valence-corrected chi connectivity index (χ1v) is 5.68. The maximum atomic E-state index is 3.63. The van der Waals surface area contributed by atoms with Crippen LogP contribution in [0.1, 0.15) is 32.6 Å². The van der Waals surface area contributed by atoms with Crippen LogP contribution in [-0.4, -0.2) is 6.04 Å². The lowest BCUT2D eigenvalue weighted by Crippen LogP contribution is -2.30. The number of para-hydroxylation sites is 1. The zero-order valence-corrected chi connectivity index (χ0v) is 8.87. The van der Waals surface area contributed by atoms with Crippen molar-refractivity contribution < 1.29 is 0 Å². The maximum Gasteiger partial charge on any atom is 0.0342 e. The summed E-state index contributed by atoms with van der Waals surface area (Å²) in [5, 5.41) is 3.63. The summed E-state index contributed by atoms with van der Waals surface area (Å²) >= 11 is 0. The first kappa shape index (κ1) is 9.57. The molecule has 1 N–H and O–H groups in total. The summed E-state index contributed by atoms with van der Waals surface area (Å²) in [5.74, 6) is 0.823. The molecule has 76 valence electrons. The SMILES string of the molecule is C[C@@H]1CCCC[C@H]1Nc1ccccc1. The number of hydrogen-bond donors (Lipinski definition) is 1. The number of hydrogen-bond acceptors (Lipinski definition) is 1. The zero-order chi connectivity index (χ0) is 9.80. The molecule has 1 fully saturated rings. The van der Waals surface area contributed by atoms with Crippen LogP contribution in [0.2, 0.25) is 0 Å². The fourth-order valence-corrected chi connectivity index (χ4v) is 2.28. The molecule has 0 radical (unpaired) electrons. The monoisotopic (exact) mass is 189 g/mol. The second-order valence-electron chi connectivity index (χ2n) is 4.38. The first-order valence-electron chi connectivity index (χ1n) is 5.68. The summed E-state index contributed by atoms with van der Waals surface area (Å²) in [6.07, 6.45) is 5.50. The van der Waals surface area contributed by atoms with Crippen LogP contribution in [0, 0.1) is 5.92 Å². The molecule has 1 nitrogen and oxygen atoms in total. The van der Waals surface area contributed by atoms with Crippen molar-refractivity contribution in [3.63, 3.8) is 0 Å². The van der Waals surface area contributed by atoms with Gasteiger partial charge in [-0.25, -0.2) is 0 Å². The molecule has 0 spiro atoms.